The number of benzene rings is 1. The van der Waals surface area contributed by atoms with Crippen LogP contribution in [-0.2, 0) is 15.5 Å². The third-order valence-electron chi connectivity index (χ3n) is 4.71. The van der Waals surface area contributed by atoms with Crippen molar-refractivity contribution in [3.8, 4) is 0 Å². The highest BCUT2D eigenvalue weighted by molar-refractivity contribution is 5.79. The SMILES string of the molecule is O=C(O)CCCCCN1C(=O)CC[C@@H]1/C=C/C(O)C(F)(F)c1ccccc1. The van der Waals surface area contributed by atoms with Crippen LogP contribution in [0.4, 0.5) is 8.78 Å². The zero-order chi connectivity index (χ0) is 19.9. The molecule has 148 valence electrons. The minimum Gasteiger partial charge on any atom is -0.481 e. The molecule has 0 radical (unpaired) electrons. The number of amides is 1. The van der Waals surface area contributed by atoms with Crippen LogP contribution in [0.2, 0.25) is 0 Å². The first-order valence-electron chi connectivity index (χ1n) is 9.13. The van der Waals surface area contributed by atoms with E-state index in [1.54, 1.807) is 11.0 Å². The van der Waals surface area contributed by atoms with E-state index in [1.165, 1.54) is 30.3 Å². The van der Waals surface area contributed by atoms with Crippen LogP contribution in [0.5, 0.6) is 0 Å². The molecule has 1 aromatic rings. The van der Waals surface area contributed by atoms with Gasteiger partial charge in [-0.15, -0.1) is 0 Å². The highest BCUT2D eigenvalue weighted by Gasteiger charge is 2.39. The van der Waals surface area contributed by atoms with Crippen molar-refractivity contribution in [2.45, 2.75) is 56.6 Å². The Bertz CT molecular complexity index is 663. The van der Waals surface area contributed by atoms with Crippen molar-refractivity contribution in [3.05, 3.63) is 48.0 Å². The minimum atomic E-state index is -3.41. The number of hydrogen-bond acceptors (Lipinski definition) is 3. The number of carboxylic acids is 1. The lowest BCUT2D eigenvalue weighted by Crippen LogP contribution is -2.34. The van der Waals surface area contributed by atoms with E-state index in [0.717, 1.165) is 6.08 Å². The lowest BCUT2D eigenvalue weighted by molar-refractivity contribution is -0.137. The molecule has 1 unspecified atom stereocenters. The van der Waals surface area contributed by atoms with E-state index < -0.39 is 18.0 Å². The second-order valence-electron chi connectivity index (χ2n) is 6.72. The van der Waals surface area contributed by atoms with E-state index in [1.807, 2.05) is 0 Å². The molecule has 1 saturated heterocycles. The third-order valence-corrected chi connectivity index (χ3v) is 4.71. The predicted molar refractivity (Wildman–Crippen MR) is 96.3 cm³/mol. The Hall–Kier alpha value is -2.28. The van der Waals surface area contributed by atoms with E-state index in [-0.39, 0.29) is 23.9 Å². The van der Waals surface area contributed by atoms with Crippen LogP contribution < -0.4 is 0 Å². The van der Waals surface area contributed by atoms with E-state index in [4.69, 9.17) is 5.11 Å². The van der Waals surface area contributed by atoms with Gasteiger partial charge in [-0.05, 0) is 19.3 Å². The Labute approximate surface area is 157 Å². The summed E-state index contributed by atoms with van der Waals surface area (Å²) in [4.78, 5) is 24.1. The Morgan fingerprint density at radius 3 is 2.63 bits per heavy atom. The summed E-state index contributed by atoms with van der Waals surface area (Å²) in [5.74, 6) is -4.31. The van der Waals surface area contributed by atoms with Gasteiger partial charge in [-0.1, -0.05) is 48.9 Å². The maximum absolute atomic E-state index is 14.3. The number of rotatable bonds is 10. The summed E-state index contributed by atoms with van der Waals surface area (Å²) < 4.78 is 28.6. The molecule has 0 aromatic heterocycles. The molecule has 27 heavy (non-hydrogen) atoms. The fourth-order valence-corrected chi connectivity index (χ4v) is 3.17. The number of aliphatic carboxylic acids is 1. The monoisotopic (exact) mass is 381 g/mol. The zero-order valence-electron chi connectivity index (χ0n) is 15.1. The maximum atomic E-state index is 14.3. The molecule has 1 aliphatic rings. The number of hydrogen-bond donors (Lipinski definition) is 2. The van der Waals surface area contributed by atoms with Crippen molar-refractivity contribution in [2.75, 3.05) is 6.54 Å². The normalized spacial score (nSPS) is 19.0. The minimum absolute atomic E-state index is 0.0489. The van der Waals surface area contributed by atoms with Crippen LogP contribution in [0.15, 0.2) is 42.5 Å². The van der Waals surface area contributed by atoms with Crippen molar-refractivity contribution in [2.24, 2.45) is 0 Å². The summed E-state index contributed by atoms with van der Waals surface area (Å²) in [7, 11) is 0. The van der Waals surface area contributed by atoms with Gasteiger partial charge in [0.1, 0.15) is 6.10 Å². The molecule has 0 aliphatic carbocycles. The lowest BCUT2D eigenvalue weighted by Gasteiger charge is -2.24. The Balaban J connectivity index is 1.91. The molecule has 2 rings (SSSR count). The molecule has 5 nitrogen and oxygen atoms in total. The van der Waals surface area contributed by atoms with Crippen molar-refractivity contribution < 1.29 is 28.6 Å². The highest BCUT2D eigenvalue weighted by atomic mass is 19.3. The number of carboxylic acid groups (broad SMARTS) is 1. The highest BCUT2D eigenvalue weighted by Crippen LogP contribution is 2.32. The van der Waals surface area contributed by atoms with Crippen LogP contribution in [0, 0.1) is 0 Å². The fraction of sp³-hybridized carbons (Fsp3) is 0.500. The number of aliphatic hydroxyl groups is 1. The smallest absolute Gasteiger partial charge is 0.303 e. The van der Waals surface area contributed by atoms with Gasteiger partial charge in [-0.2, -0.15) is 8.78 Å². The van der Waals surface area contributed by atoms with Crippen molar-refractivity contribution >= 4 is 11.9 Å². The van der Waals surface area contributed by atoms with E-state index in [0.29, 0.717) is 38.6 Å². The quantitative estimate of drug-likeness (QED) is 0.481. The molecule has 1 heterocycles. The summed E-state index contributed by atoms with van der Waals surface area (Å²) in [5, 5.41) is 18.6. The van der Waals surface area contributed by atoms with Crippen LogP contribution in [-0.4, -0.2) is 45.7 Å². The number of carbonyl (C=O) groups excluding carboxylic acids is 1. The molecule has 1 fully saturated rings. The number of alkyl halides is 2. The van der Waals surface area contributed by atoms with E-state index in [2.05, 4.69) is 0 Å². The summed E-state index contributed by atoms with van der Waals surface area (Å²) >= 11 is 0. The Morgan fingerprint density at radius 2 is 1.96 bits per heavy atom. The van der Waals surface area contributed by atoms with Gasteiger partial charge >= 0.3 is 11.9 Å². The number of aliphatic hydroxyl groups excluding tert-OH is 1. The molecule has 0 spiro atoms. The summed E-state index contributed by atoms with van der Waals surface area (Å²) in [6.45, 7) is 0.457. The molecule has 2 atom stereocenters. The standard InChI is InChI=1S/C20H25F2NO4/c21-20(22,15-7-3-1-4-8-15)17(24)12-10-16-11-13-18(25)23(16)14-6-2-5-9-19(26)27/h1,3-4,7-8,10,12,16-17,24H,2,5-6,9,11,13-14H2,(H,26,27)/b12-10+/t16-,17?/m0/s1. The van der Waals surface area contributed by atoms with Gasteiger partial charge in [0.05, 0.1) is 6.04 Å². The summed E-state index contributed by atoms with van der Waals surface area (Å²) in [6, 6.07) is 6.81. The maximum Gasteiger partial charge on any atom is 0.303 e. The van der Waals surface area contributed by atoms with E-state index >= 15 is 0 Å². The second-order valence-corrected chi connectivity index (χ2v) is 6.72. The van der Waals surface area contributed by atoms with E-state index in [9.17, 15) is 23.5 Å². The van der Waals surface area contributed by atoms with Gasteiger partial charge < -0.3 is 15.1 Å². The van der Waals surface area contributed by atoms with Crippen LogP contribution in [0.3, 0.4) is 0 Å². The molecule has 1 aromatic carbocycles. The average molecular weight is 381 g/mol. The van der Waals surface area contributed by atoms with Gasteiger partial charge in [0.15, 0.2) is 0 Å². The fourth-order valence-electron chi connectivity index (χ4n) is 3.17. The summed E-state index contributed by atoms with van der Waals surface area (Å²) in [6.07, 6.45) is 3.40. The average Bonchev–Trinajstić information content (AvgIpc) is 2.99. The molecule has 0 bridgehead atoms. The predicted octanol–water partition coefficient (Wildman–Crippen LogP) is 3.33. The molecule has 2 N–H and O–H groups in total. The van der Waals surface area contributed by atoms with Gasteiger partial charge in [-0.3, -0.25) is 9.59 Å². The first-order valence-corrected chi connectivity index (χ1v) is 9.13. The number of nitrogens with zero attached hydrogens (tertiary/aromatic N) is 1. The molecular formula is C20H25F2NO4. The summed E-state index contributed by atoms with van der Waals surface area (Å²) in [5.41, 5.74) is -0.264. The van der Waals surface area contributed by atoms with Gasteiger partial charge in [0.2, 0.25) is 5.91 Å². The number of unbranched alkanes of at least 4 members (excludes halogenated alkanes) is 2. The zero-order valence-corrected chi connectivity index (χ0v) is 15.1. The van der Waals surface area contributed by atoms with Crippen molar-refractivity contribution in [1.29, 1.82) is 0 Å². The molecule has 1 amide bonds. The second kappa shape index (κ2) is 9.60. The van der Waals surface area contributed by atoms with Gasteiger partial charge in [-0.25, -0.2) is 0 Å². The van der Waals surface area contributed by atoms with Crippen molar-refractivity contribution in [3.63, 3.8) is 0 Å². The first-order chi connectivity index (χ1) is 12.8. The molecule has 0 saturated carbocycles. The van der Waals surface area contributed by atoms with Gasteiger partial charge in [0.25, 0.3) is 0 Å². The largest absolute Gasteiger partial charge is 0.481 e. The van der Waals surface area contributed by atoms with Crippen LogP contribution >= 0.6 is 0 Å². The Morgan fingerprint density at radius 1 is 1.26 bits per heavy atom. The van der Waals surface area contributed by atoms with Gasteiger partial charge in [0, 0.05) is 24.9 Å². The number of likely N-dealkylation sites (tertiary alicyclic amines) is 1. The molecule has 7 heteroatoms. The lowest BCUT2D eigenvalue weighted by atomic mass is 10.0. The molecule has 1 aliphatic heterocycles. The van der Waals surface area contributed by atoms with Crippen LogP contribution in [0.25, 0.3) is 0 Å². The Kier molecular flexibility index (Phi) is 7.47. The first kappa shape index (κ1) is 21.0. The topological polar surface area (TPSA) is 77.8 Å². The van der Waals surface area contributed by atoms with Crippen LogP contribution in [0.1, 0.15) is 44.1 Å². The number of halogens is 2. The number of carbonyl (C=O) groups is 2. The molecular weight excluding hydrogens is 356 g/mol. The third kappa shape index (κ3) is 5.85. The van der Waals surface area contributed by atoms with Crippen molar-refractivity contribution in [1.82, 2.24) is 4.90 Å².